The van der Waals surface area contributed by atoms with Crippen LogP contribution in [0, 0.1) is 5.92 Å². The van der Waals surface area contributed by atoms with Gasteiger partial charge in [0.05, 0.1) is 27.4 Å². The minimum Gasteiger partial charge on any atom is -0.497 e. The van der Waals surface area contributed by atoms with Crippen molar-refractivity contribution < 1.29 is 23.8 Å². The Morgan fingerprint density at radius 3 is 2.18 bits per heavy atom. The summed E-state index contributed by atoms with van der Waals surface area (Å²) in [6.07, 6.45) is 2.80. The van der Waals surface area contributed by atoms with Gasteiger partial charge < -0.3 is 28.6 Å². The molecule has 0 saturated carbocycles. The molecule has 2 amide bonds. The van der Waals surface area contributed by atoms with Gasteiger partial charge in [0.25, 0.3) is 5.91 Å². The van der Waals surface area contributed by atoms with Crippen molar-refractivity contribution >= 4 is 11.8 Å². The zero-order valence-electron chi connectivity index (χ0n) is 23.8. The number of methoxy groups -OCH3 is 3. The molecule has 2 aromatic carbocycles. The summed E-state index contributed by atoms with van der Waals surface area (Å²) in [5.41, 5.74) is 2.62. The lowest BCUT2D eigenvalue weighted by Gasteiger charge is -2.28. The van der Waals surface area contributed by atoms with Gasteiger partial charge in [-0.15, -0.1) is 0 Å². The van der Waals surface area contributed by atoms with Crippen molar-refractivity contribution in [1.82, 2.24) is 14.4 Å². The third kappa shape index (κ3) is 8.89. The summed E-state index contributed by atoms with van der Waals surface area (Å²) in [5, 5.41) is 0. The molecular weight excluding hydrogens is 494 g/mol. The van der Waals surface area contributed by atoms with E-state index in [1.165, 1.54) is 5.56 Å². The van der Waals surface area contributed by atoms with Crippen molar-refractivity contribution in [2.75, 3.05) is 47.6 Å². The molecule has 0 fully saturated rings. The fourth-order valence-electron chi connectivity index (χ4n) is 4.26. The third-order valence-electron chi connectivity index (χ3n) is 6.58. The van der Waals surface area contributed by atoms with Crippen LogP contribution in [0.25, 0.3) is 0 Å². The summed E-state index contributed by atoms with van der Waals surface area (Å²) in [7, 11) is 4.71. The first-order valence-electron chi connectivity index (χ1n) is 13.3. The predicted octanol–water partition coefficient (Wildman–Crippen LogP) is 4.72. The van der Waals surface area contributed by atoms with E-state index in [0.29, 0.717) is 55.8 Å². The zero-order chi connectivity index (χ0) is 28.2. The van der Waals surface area contributed by atoms with Crippen LogP contribution < -0.4 is 9.47 Å². The zero-order valence-corrected chi connectivity index (χ0v) is 23.8. The summed E-state index contributed by atoms with van der Waals surface area (Å²) in [4.78, 5) is 30.7. The van der Waals surface area contributed by atoms with E-state index < -0.39 is 0 Å². The average molecular weight is 536 g/mol. The summed E-state index contributed by atoms with van der Waals surface area (Å²) in [6.45, 7) is 6.59. The SMILES string of the molecule is COCCN(Cc1cccn1Cc1ccccc1)C(=O)CN(CCC(C)C)C(=O)c1cc(OC)cc(OC)c1. The van der Waals surface area contributed by atoms with Gasteiger partial charge in [0.2, 0.25) is 5.91 Å². The van der Waals surface area contributed by atoms with Crippen molar-refractivity contribution in [3.05, 3.63) is 83.7 Å². The minimum absolute atomic E-state index is 0.0335. The molecule has 39 heavy (non-hydrogen) atoms. The lowest BCUT2D eigenvalue weighted by molar-refractivity contribution is -0.133. The highest BCUT2D eigenvalue weighted by molar-refractivity contribution is 5.97. The molecule has 3 aromatic rings. The maximum atomic E-state index is 13.7. The number of hydrogen-bond acceptors (Lipinski definition) is 5. The molecule has 8 heteroatoms. The van der Waals surface area contributed by atoms with Crippen molar-refractivity contribution in [2.24, 2.45) is 5.92 Å². The van der Waals surface area contributed by atoms with Crippen LogP contribution in [0.5, 0.6) is 11.5 Å². The summed E-state index contributed by atoms with van der Waals surface area (Å²) in [5.74, 6) is 1.05. The normalized spacial score (nSPS) is 10.9. The van der Waals surface area contributed by atoms with Gasteiger partial charge in [-0.2, -0.15) is 0 Å². The smallest absolute Gasteiger partial charge is 0.254 e. The van der Waals surface area contributed by atoms with Crippen LogP contribution in [0.2, 0.25) is 0 Å². The molecule has 8 nitrogen and oxygen atoms in total. The maximum absolute atomic E-state index is 13.7. The second kappa shape index (κ2) is 15.0. The highest BCUT2D eigenvalue weighted by Crippen LogP contribution is 2.24. The van der Waals surface area contributed by atoms with Crippen molar-refractivity contribution in [1.29, 1.82) is 0 Å². The molecule has 1 aromatic heterocycles. The number of carbonyl (C=O) groups is 2. The molecule has 0 N–H and O–H groups in total. The first-order valence-corrected chi connectivity index (χ1v) is 13.3. The summed E-state index contributed by atoms with van der Waals surface area (Å²) >= 11 is 0. The van der Waals surface area contributed by atoms with Crippen molar-refractivity contribution in [3.63, 3.8) is 0 Å². The van der Waals surface area contributed by atoms with Gasteiger partial charge in [-0.1, -0.05) is 44.2 Å². The van der Waals surface area contributed by atoms with E-state index in [4.69, 9.17) is 14.2 Å². The number of nitrogens with zero attached hydrogens (tertiary/aromatic N) is 3. The second-order valence-corrected chi connectivity index (χ2v) is 9.93. The first-order chi connectivity index (χ1) is 18.8. The van der Waals surface area contributed by atoms with Gasteiger partial charge in [0.1, 0.15) is 18.0 Å². The molecule has 210 valence electrons. The van der Waals surface area contributed by atoms with Crippen LogP contribution >= 0.6 is 0 Å². The Morgan fingerprint density at radius 1 is 0.872 bits per heavy atom. The first kappa shape index (κ1) is 29.8. The fourth-order valence-corrected chi connectivity index (χ4v) is 4.26. The molecule has 0 spiro atoms. The van der Waals surface area contributed by atoms with Crippen LogP contribution in [-0.4, -0.2) is 73.8 Å². The van der Waals surface area contributed by atoms with E-state index >= 15 is 0 Å². The van der Waals surface area contributed by atoms with Gasteiger partial charge in [0, 0.05) is 50.3 Å². The van der Waals surface area contributed by atoms with E-state index in [0.717, 1.165) is 12.1 Å². The Balaban J connectivity index is 1.81. The molecule has 0 aliphatic carbocycles. The van der Waals surface area contributed by atoms with Crippen LogP contribution in [0.4, 0.5) is 0 Å². The van der Waals surface area contributed by atoms with Gasteiger partial charge in [0.15, 0.2) is 0 Å². The lowest BCUT2D eigenvalue weighted by atomic mass is 10.1. The molecule has 0 atom stereocenters. The largest absolute Gasteiger partial charge is 0.497 e. The molecule has 0 aliphatic heterocycles. The van der Waals surface area contributed by atoms with Gasteiger partial charge >= 0.3 is 0 Å². The van der Waals surface area contributed by atoms with Gasteiger partial charge in [-0.05, 0) is 42.2 Å². The number of carbonyl (C=O) groups excluding carboxylic acids is 2. The topological polar surface area (TPSA) is 73.2 Å². The van der Waals surface area contributed by atoms with Crippen LogP contribution in [0.1, 0.15) is 41.9 Å². The van der Waals surface area contributed by atoms with Crippen molar-refractivity contribution in [3.8, 4) is 11.5 Å². The molecule has 0 unspecified atom stereocenters. The number of benzene rings is 2. The molecule has 0 saturated heterocycles. The number of amides is 2. The van der Waals surface area contributed by atoms with E-state index in [2.05, 4.69) is 30.5 Å². The Bertz CT molecular complexity index is 1170. The standard InChI is InChI=1S/C31H41N3O5/c1-24(2)13-15-34(31(36)26-18-28(38-4)20-29(19-26)39-5)23-30(35)33(16-17-37-3)22-27-12-9-14-32(27)21-25-10-7-6-8-11-25/h6-12,14,18-20,24H,13,15-17,21-23H2,1-5H3. The van der Waals surface area contributed by atoms with Crippen LogP contribution in [0.15, 0.2) is 66.9 Å². The molecule has 0 radical (unpaired) electrons. The monoisotopic (exact) mass is 535 g/mol. The van der Waals surface area contributed by atoms with Crippen LogP contribution in [0.3, 0.4) is 0 Å². The summed E-state index contributed by atoms with van der Waals surface area (Å²) in [6, 6.07) is 19.3. The average Bonchev–Trinajstić information content (AvgIpc) is 3.38. The number of hydrogen-bond donors (Lipinski definition) is 0. The van der Waals surface area contributed by atoms with E-state index in [1.54, 1.807) is 49.3 Å². The Morgan fingerprint density at radius 2 is 1.56 bits per heavy atom. The molecule has 1 heterocycles. The minimum atomic E-state index is -0.236. The maximum Gasteiger partial charge on any atom is 0.254 e. The lowest BCUT2D eigenvalue weighted by Crippen LogP contribution is -2.44. The molecule has 3 rings (SSSR count). The molecular formula is C31H41N3O5. The molecule has 0 bridgehead atoms. The van der Waals surface area contributed by atoms with E-state index in [1.807, 2.05) is 36.5 Å². The number of rotatable bonds is 15. The van der Waals surface area contributed by atoms with Crippen LogP contribution in [-0.2, 0) is 22.6 Å². The predicted molar refractivity (Wildman–Crippen MR) is 152 cm³/mol. The van der Waals surface area contributed by atoms with Gasteiger partial charge in [-0.3, -0.25) is 9.59 Å². The number of ether oxygens (including phenoxy) is 3. The van der Waals surface area contributed by atoms with Gasteiger partial charge in [-0.25, -0.2) is 0 Å². The number of aromatic nitrogens is 1. The van der Waals surface area contributed by atoms with Crippen molar-refractivity contribution in [2.45, 2.75) is 33.4 Å². The Labute approximate surface area is 232 Å². The fraction of sp³-hybridized carbons (Fsp3) is 0.419. The Hall–Kier alpha value is -3.78. The highest BCUT2D eigenvalue weighted by Gasteiger charge is 2.24. The summed E-state index contributed by atoms with van der Waals surface area (Å²) < 4.78 is 18.2. The van der Waals surface area contributed by atoms with E-state index in [-0.39, 0.29) is 18.4 Å². The Kier molecular flexibility index (Phi) is 11.4. The van der Waals surface area contributed by atoms with E-state index in [9.17, 15) is 9.59 Å². The molecule has 0 aliphatic rings. The highest BCUT2D eigenvalue weighted by atomic mass is 16.5. The second-order valence-electron chi connectivity index (χ2n) is 9.93. The quantitative estimate of drug-likeness (QED) is 0.282. The third-order valence-corrected chi connectivity index (χ3v) is 6.58.